The van der Waals surface area contributed by atoms with Crippen molar-refractivity contribution in [2.24, 2.45) is 4.99 Å². The maximum absolute atomic E-state index is 13.2. The standard InChI is InChI=1S/C22H28FN3O3S.HI/c1-17-15-26(16-21(29-17)18-9-11-19(23)12-10-18)22(24-2)25-13-6-14-30(27,28)20-7-4-3-5-8-20;/h3-5,7-12,17,21H,6,13-16H2,1-2H3,(H,24,25);1H. The summed E-state index contributed by atoms with van der Waals surface area (Å²) in [6.45, 7) is 3.73. The van der Waals surface area contributed by atoms with Gasteiger partial charge in [-0.2, -0.15) is 0 Å². The van der Waals surface area contributed by atoms with Gasteiger partial charge in [0.1, 0.15) is 11.9 Å². The number of morpholine rings is 1. The molecule has 9 heteroatoms. The monoisotopic (exact) mass is 561 g/mol. The van der Waals surface area contributed by atoms with E-state index in [1.54, 1.807) is 49.5 Å². The van der Waals surface area contributed by atoms with Gasteiger partial charge in [0.25, 0.3) is 0 Å². The van der Waals surface area contributed by atoms with Gasteiger partial charge in [0.2, 0.25) is 0 Å². The highest BCUT2D eigenvalue weighted by Crippen LogP contribution is 2.25. The largest absolute Gasteiger partial charge is 0.367 e. The second-order valence-electron chi connectivity index (χ2n) is 7.35. The molecule has 2 atom stereocenters. The van der Waals surface area contributed by atoms with Gasteiger partial charge in [0.15, 0.2) is 15.8 Å². The summed E-state index contributed by atoms with van der Waals surface area (Å²) in [4.78, 5) is 6.78. The predicted molar refractivity (Wildman–Crippen MR) is 131 cm³/mol. The van der Waals surface area contributed by atoms with Crippen LogP contribution in [0.15, 0.2) is 64.5 Å². The van der Waals surface area contributed by atoms with Crippen molar-refractivity contribution in [1.82, 2.24) is 10.2 Å². The first kappa shape index (κ1) is 25.5. The van der Waals surface area contributed by atoms with Gasteiger partial charge in [0, 0.05) is 20.1 Å². The van der Waals surface area contributed by atoms with Crippen LogP contribution in [-0.4, -0.2) is 57.8 Å². The van der Waals surface area contributed by atoms with Crippen LogP contribution >= 0.6 is 24.0 Å². The molecule has 2 aromatic carbocycles. The van der Waals surface area contributed by atoms with Crippen molar-refractivity contribution in [2.75, 3.05) is 32.4 Å². The second kappa shape index (κ2) is 11.8. The Morgan fingerprint density at radius 3 is 2.48 bits per heavy atom. The molecular weight excluding hydrogens is 532 g/mol. The Kier molecular flexibility index (Phi) is 9.70. The Bertz CT molecular complexity index is 956. The topological polar surface area (TPSA) is 71.0 Å². The number of benzene rings is 2. The van der Waals surface area contributed by atoms with Crippen LogP contribution in [0.1, 0.15) is 25.0 Å². The van der Waals surface area contributed by atoms with Crippen LogP contribution in [0.3, 0.4) is 0 Å². The zero-order chi connectivity index (χ0) is 21.6. The second-order valence-corrected chi connectivity index (χ2v) is 9.46. The Morgan fingerprint density at radius 1 is 1.16 bits per heavy atom. The van der Waals surface area contributed by atoms with Crippen molar-refractivity contribution in [1.29, 1.82) is 0 Å². The molecule has 1 fully saturated rings. The highest BCUT2D eigenvalue weighted by Gasteiger charge is 2.28. The third kappa shape index (κ3) is 7.15. The van der Waals surface area contributed by atoms with Crippen molar-refractivity contribution in [3.63, 3.8) is 0 Å². The Hall–Kier alpha value is -1.72. The molecule has 0 aromatic heterocycles. The molecule has 0 radical (unpaired) electrons. The van der Waals surface area contributed by atoms with E-state index in [0.717, 1.165) is 5.56 Å². The average Bonchev–Trinajstić information content (AvgIpc) is 2.74. The zero-order valence-corrected chi connectivity index (χ0v) is 20.8. The number of rotatable bonds is 6. The summed E-state index contributed by atoms with van der Waals surface area (Å²) in [7, 11) is -1.59. The first-order chi connectivity index (χ1) is 14.4. The minimum atomic E-state index is -3.29. The fraction of sp³-hybridized carbons (Fsp3) is 0.409. The minimum Gasteiger partial charge on any atom is -0.367 e. The molecule has 0 spiro atoms. The Balaban J connectivity index is 0.00000341. The summed E-state index contributed by atoms with van der Waals surface area (Å²) in [5, 5.41) is 3.26. The zero-order valence-electron chi connectivity index (χ0n) is 17.7. The highest BCUT2D eigenvalue weighted by atomic mass is 127. The molecule has 3 rings (SSSR count). The number of sulfone groups is 1. The third-order valence-electron chi connectivity index (χ3n) is 4.99. The molecule has 0 saturated carbocycles. The number of nitrogens with zero attached hydrogens (tertiary/aromatic N) is 2. The minimum absolute atomic E-state index is 0. The molecule has 31 heavy (non-hydrogen) atoms. The van der Waals surface area contributed by atoms with E-state index < -0.39 is 9.84 Å². The van der Waals surface area contributed by atoms with Crippen molar-refractivity contribution >= 4 is 39.8 Å². The van der Waals surface area contributed by atoms with Gasteiger partial charge in [0.05, 0.1) is 23.3 Å². The number of aliphatic imine (C=N–C) groups is 1. The third-order valence-corrected chi connectivity index (χ3v) is 6.81. The number of hydrogen-bond donors (Lipinski definition) is 1. The predicted octanol–water partition coefficient (Wildman–Crippen LogP) is 3.64. The van der Waals surface area contributed by atoms with E-state index in [1.807, 2.05) is 6.92 Å². The highest BCUT2D eigenvalue weighted by molar-refractivity contribution is 14.0. The van der Waals surface area contributed by atoms with Crippen LogP contribution in [0.4, 0.5) is 4.39 Å². The van der Waals surface area contributed by atoms with Gasteiger partial charge in [-0.25, -0.2) is 12.8 Å². The molecule has 1 aliphatic rings. The molecule has 6 nitrogen and oxygen atoms in total. The molecule has 1 aliphatic heterocycles. The van der Waals surface area contributed by atoms with E-state index >= 15 is 0 Å². The number of hydrogen-bond acceptors (Lipinski definition) is 4. The van der Waals surface area contributed by atoms with Crippen molar-refractivity contribution in [3.05, 3.63) is 66.0 Å². The van der Waals surface area contributed by atoms with Crippen LogP contribution < -0.4 is 5.32 Å². The maximum Gasteiger partial charge on any atom is 0.193 e. The van der Waals surface area contributed by atoms with E-state index in [4.69, 9.17) is 4.74 Å². The lowest BCUT2D eigenvalue weighted by Gasteiger charge is -2.38. The number of ether oxygens (including phenoxy) is 1. The summed E-state index contributed by atoms with van der Waals surface area (Å²) in [6, 6.07) is 14.8. The van der Waals surface area contributed by atoms with Crippen molar-refractivity contribution < 1.29 is 17.5 Å². The average molecular weight is 561 g/mol. The first-order valence-electron chi connectivity index (χ1n) is 10.0. The fourth-order valence-corrected chi connectivity index (χ4v) is 4.86. The molecule has 1 heterocycles. The first-order valence-corrected chi connectivity index (χ1v) is 11.7. The van der Waals surface area contributed by atoms with E-state index in [-0.39, 0.29) is 47.8 Å². The van der Waals surface area contributed by atoms with E-state index in [9.17, 15) is 12.8 Å². The molecule has 1 N–H and O–H groups in total. The molecule has 0 amide bonds. The van der Waals surface area contributed by atoms with Crippen molar-refractivity contribution in [3.8, 4) is 0 Å². The number of halogens is 2. The lowest BCUT2D eigenvalue weighted by Crippen LogP contribution is -2.51. The van der Waals surface area contributed by atoms with Gasteiger partial charge >= 0.3 is 0 Å². The van der Waals surface area contributed by atoms with Gasteiger partial charge in [-0.05, 0) is 43.2 Å². The van der Waals surface area contributed by atoms with E-state index in [2.05, 4.69) is 15.2 Å². The van der Waals surface area contributed by atoms with Gasteiger partial charge < -0.3 is 15.0 Å². The van der Waals surface area contributed by atoms with E-state index in [0.29, 0.717) is 36.9 Å². The van der Waals surface area contributed by atoms with Crippen LogP contribution in [0.2, 0.25) is 0 Å². The Morgan fingerprint density at radius 2 is 1.84 bits per heavy atom. The van der Waals surface area contributed by atoms with Gasteiger partial charge in [-0.15, -0.1) is 24.0 Å². The molecule has 2 unspecified atom stereocenters. The number of nitrogens with one attached hydrogen (secondary N) is 1. The maximum atomic E-state index is 13.2. The van der Waals surface area contributed by atoms with Crippen molar-refractivity contribution in [2.45, 2.75) is 30.4 Å². The fourth-order valence-electron chi connectivity index (χ4n) is 3.53. The normalized spacial score (nSPS) is 19.6. The molecule has 1 saturated heterocycles. The summed E-state index contributed by atoms with van der Waals surface area (Å²) >= 11 is 0. The van der Waals surface area contributed by atoms with Crippen LogP contribution in [-0.2, 0) is 14.6 Å². The summed E-state index contributed by atoms with van der Waals surface area (Å²) in [5.74, 6) is 0.496. The lowest BCUT2D eigenvalue weighted by molar-refractivity contribution is -0.0604. The van der Waals surface area contributed by atoms with Crippen LogP contribution in [0, 0.1) is 5.82 Å². The van der Waals surface area contributed by atoms with Crippen LogP contribution in [0.5, 0.6) is 0 Å². The molecule has 170 valence electrons. The van der Waals surface area contributed by atoms with Crippen LogP contribution in [0.25, 0.3) is 0 Å². The Labute approximate surface area is 200 Å². The molecule has 2 aromatic rings. The van der Waals surface area contributed by atoms with Gasteiger partial charge in [-0.3, -0.25) is 4.99 Å². The van der Waals surface area contributed by atoms with E-state index in [1.165, 1.54) is 12.1 Å². The summed E-state index contributed by atoms with van der Waals surface area (Å²) in [5.41, 5.74) is 0.914. The molecule has 0 aliphatic carbocycles. The quantitative estimate of drug-likeness (QED) is 0.253. The summed E-state index contributed by atoms with van der Waals surface area (Å²) < 4.78 is 44.1. The molecule has 0 bridgehead atoms. The summed E-state index contributed by atoms with van der Waals surface area (Å²) in [6.07, 6.45) is 0.259. The smallest absolute Gasteiger partial charge is 0.193 e. The van der Waals surface area contributed by atoms with Gasteiger partial charge in [-0.1, -0.05) is 30.3 Å². The molecular formula is C22H29FIN3O3S. The number of guanidine groups is 1. The lowest BCUT2D eigenvalue weighted by atomic mass is 10.1. The SMILES string of the molecule is CN=C(NCCCS(=O)(=O)c1ccccc1)N1CC(C)OC(c2ccc(F)cc2)C1.I.